The number of rotatable bonds is 3. The van der Waals surface area contributed by atoms with Crippen molar-refractivity contribution in [2.75, 3.05) is 16.8 Å². The highest BCUT2D eigenvalue weighted by Gasteiger charge is 2.33. The van der Waals surface area contributed by atoms with Gasteiger partial charge in [0.05, 0.1) is 16.4 Å². The molecule has 0 fully saturated rings. The fourth-order valence-electron chi connectivity index (χ4n) is 2.49. The molecule has 0 saturated heterocycles. The van der Waals surface area contributed by atoms with Crippen molar-refractivity contribution < 1.29 is 14.3 Å². The third-order valence-corrected chi connectivity index (χ3v) is 4.26. The molecular weight excluding hydrogens is 351 g/mol. The van der Waals surface area contributed by atoms with Crippen molar-refractivity contribution in [2.24, 2.45) is 0 Å². The molecule has 24 heavy (non-hydrogen) atoms. The first kappa shape index (κ1) is 16.6. The average molecular weight is 365 g/mol. The second-order valence-corrected chi connectivity index (χ2v) is 6.15. The molecule has 2 aromatic carbocycles. The molecule has 1 aliphatic heterocycles. The molecule has 124 valence electrons. The van der Waals surface area contributed by atoms with Crippen molar-refractivity contribution in [3.05, 3.63) is 52.5 Å². The largest absolute Gasteiger partial charge is 0.482 e. The van der Waals surface area contributed by atoms with Crippen molar-refractivity contribution in [1.82, 2.24) is 0 Å². The molecule has 0 aromatic heterocycles. The van der Waals surface area contributed by atoms with E-state index >= 15 is 0 Å². The van der Waals surface area contributed by atoms with Crippen LogP contribution in [0.25, 0.3) is 0 Å². The van der Waals surface area contributed by atoms with Gasteiger partial charge in [-0.05, 0) is 37.3 Å². The summed E-state index contributed by atoms with van der Waals surface area (Å²) < 4.78 is 5.39. The Hall–Kier alpha value is -2.24. The lowest BCUT2D eigenvalue weighted by molar-refractivity contribution is -0.125. The van der Waals surface area contributed by atoms with Gasteiger partial charge in [-0.2, -0.15) is 0 Å². The Balaban J connectivity index is 1.88. The van der Waals surface area contributed by atoms with Crippen LogP contribution in [0.15, 0.2) is 42.5 Å². The summed E-state index contributed by atoms with van der Waals surface area (Å²) in [5.74, 6) is -0.160. The molecule has 0 saturated carbocycles. The van der Waals surface area contributed by atoms with Crippen LogP contribution in [0.3, 0.4) is 0 Å². The number of benzene rings is 2. The molecule has 0 radical (unpaired) electrons. The van der Waals surface area contributed by atoms with Crippen molar-refractivity contribution in [3.8, 4) is 5.75 Å². The third kappa shape index (κ3) is 3.18. The van der Waals surface area contributed by atoms with E-state index in [1.807, 2.05) is 0 Å². The number of fused-ring (bicyclic) bond motifs is 1. The van der Waals surface area contributed by atoms with Gasteiger partial charge in [-0.1, -0.05) is 35.3 Å². The average Bonchev–Trinajstić information content (AvgIpc) is 2.56. The molecule has 1 N–H and O–H groups in total. The van der Waals surface area contributed by atoms with Gasteiger partial charge in [0.1, 0.15) is 11.8 Å². The Labute approximate surface area is 149 Å². The predicted octanol–water partition coefficient (Wildman–Crippen LogP) is 3.75. The fraction of sp³-hybridized carbons (Fsp3) is 0.176. The molecule has 1 unspecified atom stereocenters. The van der Waals surface area contributed by atoms with Crippen LogP contribution in [0.2, 0.25) is 10.0 Å². The Kier molecular flexibility index (Phi) is 4.64. The van der Waals surface area contributed by atoms with Crippen molar-refractivity contribution in [1.29, 1.82) is 0 Å². The Bertz CT molecular complexity index is 810. The molecule has 5 nitrogen and oxygen atoms in total. The Morgan fingerprint density at radius 2 is 2.00 bits per heavy atom. The van der Waals surface area contributed by atoms with Gasteiger partial charge in [0.25, 0.3) is 5.91 Å². The second-order valence-electron chi connectivity index (χ2n) is 5.31. The molecule has 2 aromatic rings. The van der Waals surface area contributed by atoms with Gasteiger partial charge in [0.2, 0.25) is 5.91 Å². The van der Waals surface area contributed by atoms with Gasteiger partial charge in [-0.15, -0.1) is 0 Å². The molecule has 1 atom stereocenters. The number of hydrogen-bond acceptors (Lipinski definition) is 3. The summed E-state index contributed by atoms with van der Waals surface area (Å²) in [6.07, 6.45) is 0. The van der Waals surface area contributed by atoms with E-state index < -0.39 is 6.04 Å². The minimum atomic E-state index is -0.755. The van der Waals surface area contributed by atoms with E-state index in [2.05, 4.69) is 5.32 Å². The van der Waals surface area contributed by atoms with Crippen LogP contribution in [0, 0.1) is 0 Å². The van der Waals surface area contributed by atoms with E-state index in [0.717, 1.165) is 0 Å². The van der Waals surface area contributed by atoms with Gasteiger partial charge >= 0.3 is 0 Å². The van der Waals surface area contributed by atoms with Gasteiger partial charge < -0.3 is 10.1 Å². The standard InChI is InChI=1S/C17H14Cl2N2O3/c1-10(17(23)20-13-5-3-2-4-12(13)19)21-14-8-11(18)6-7-15(14)24-9-16(21)22/h2-8,10H,9H2,1H3,(H,20,23). The zero-order valence-electron chi connectivity index (χ0n) is 12.8. The number of carbonyl (C=O) groups excluding carboxylic acids is 2. The molecule has 3 rings (SSSR count). The number of amides is 2. The Morgan fingerprint density at radius 1 is 1.25 bits per heavy atom. The molecule has 2 amide bonds. The molecule has 0 aliphatic carbocycles. The zero-order valence-corrected chi connectivity index (χ0v) is 14.3. The highest BCUT2D eigenvalue weighted by Crippen LogP contribution is 2.35. The minimum absolute atomic E-state index is 0.127. The summed E-state index contributed by atoms with van der Waals surface area (Å²) in [4.78, 5) is 26.2. The minimum Gasteiger partial charge on any atom is -0.482 e. The second kappa shape index (κ2) is 6.71. The topological polar surface area (TPSA) is 58.6 Å². The normalized spacial score (nSPS) is 14.6. The van der Waals surface area contributed by atoms with Gasteiger partial charge in [-0.3, -0.25) is 14.5 Å². The summed E-state index contributed by atoms with van der Waals surface area (Å²) >= 11 is 12.1. The lowest BCUT2D eigenvalue weighted by Gasteiger charge is -2.33. The Morgan fingerprint density at radius 3 is 2.75 bits per heavy atom. The maximum absolute atomic E-state index is 12.6. The van der Waals surface area contributed by atoms with Crippen molar-refractivity contribution in [2.45, 2.75) is 13.0 Å². The van der Waals surface area contributed by atoms with Gasteiger partial charge in [-0.25, -0.2) is 0 Å². The number of nitrogens with one attached hydrogen (secondary N) is 1. The summed E-state index contributed by atoms with van der Waals surface area (Å²) in [5, 5.41) is 3.61. The quantitative estimate of drug-likeness (QED) is 0.902. The van der Waals surface area contributed by atoms with E-state index in [-0.39, 0.29) is 18.4 Å². The van der Waals surface area contributed by atoms with Crippen LogP contribution in [0.4, 0.5) is 11.4 Å². The highest BCUT2D eigenvalue weighted by molar-refractivity contribution is 6.33. The number of hydrogen-bond donors (Lipinski definition) is 1. The zero-order chi connectivity index (χ0) is 17.3. The van der Waals surface area contributed by atoms with Crippen molar-refractivity contribution >= 4 is 46.4 Å². The summed E-state index contributed by atoms with van der Waals surface area (Å²) in [5.41, 5.74) is 0.962. The number of carbonyl (C=O) groups is 2. The monoisotopic (exact) mass is 364 g/mol. The van der Waals surface area contributed by atoms with Gasteiger partial charge in [0.15, 0.2) is 6.61 Å². The van der Waals surface area contributed by atoms with Crippen molar-refractivity contribution in [3.63, 3.8) is 0 Å². The van der Waals surface area contributed by atoms with Crippen LogP contribution < -0.4 is 15.0 Å². The summed E-state index contributed by atoms with van der Waals surface area (Å²) in [7, 11) is 0. The number of anilines is 2. The van der Waals surface area contributed by atoms with E-state index in [9.17, 15) is 9.59 Å². The van der Waals surface area contributed by atoms with Crippen LogP contribution in [0.1, 0.15) is 6.92 Å². The van der Waals surface area contributed by atoms with Crippen LogP contribution >= 0.6 is 23.2 Å². The molecule has 7 heteroatoms. The first-order valence-corrected chi connectivity index (χ1v) is 8.03. The maximum atomic E-state index is 12.6. The van der Waals surface area contributed by atoms with E-state index in [0.29, 0.717) is 27.2 Å². The third-order valence-electron chi connectivity index (χ3n) is 3.70. The number of para-hydroxylation sites is 1. The number of halogens is 2. The first-order chi connectivity index (χ1) is 11.5. The van der Waals surface area contributed by atoms with E-state index in [4.69, 9.17) is 27.9 Å². The first-order valence-electron chi connectivity index (χ1n) is 7.27. The highest BCUT2D eigenvalue weighted by atomic mass is 35.5. The lowest BCUT2D eigenvalue weighted by atomic mass is 10.1. The molecular formula is C17H14Cl2N2O3. The van der Waals surface area contributed by atoms with E-state index in [1.165, 1.54) is 4.90 Å². The smallest absolute Gasteiger partial charge is 0.265 e. The van der Waals surface area contributed by atoms with Gasteiger partial charge in [0, 0.05) is 5.02 Å². The molecule has 0 spiro atoms. The molecule has 1 aliphatic rings. The predicted molar refractivity (Wildman–Crippen MR) is 94.0 cm³/mol. The number of ether oxygens (including phenoxy) is 1. The lowest BCUT2D eigenvalue weighted by Crippen LogP contribution is -2.49. The number of nitrogens with zero attached hydrogens (tertiary/aromatic N) is 1. The fourth-order valence-corrected chi connectivity index (χ4v) is 2.84. The van der Waals surface area contributed by atoms with Crippen LogP contribution in [-0.4, -0.2) is 24.5 Å². The van der Waals surface area contributed by atoms with Crippen LogP contribution in [-0.2, 0) is 9.59 Å². The summed E-state index contributed by atoms with van der Waals surface area (Å²) in [6, 6.07) is 11.1. The SMILES string of the molecule is CC(C(=O)Nc1ccccc1Cl)N1C(=O)COc2ccc(Cl)cc21. The molecule has 0 bridgehead atoms. The van der Waals surface area contributed by atoms with Crippen LogP contribution in [0.5, 0.6) is 5.75 Å². The molecule has 1 heterocycles. The maximum Gasteiger partial charge on any atom is 0.265 e. The summed E-state index contributed by atoms with van der Waals surface area (Å²) in [6.45, 7) is 1.51. The van der Waals surface area contributed by atoms with E-state index in [1.54, 1.807) is 49.4 Å².